The van der Waals surface area contributed by atoms with Crippen LogP contribution in [0.2, 0.25) is 0 Å². The van der Waals surface area contributed by atoms with Crippen molar-refractivity contribution in [2.75, 3.05) is 38.8 Å². The molecule has 2 aromatic rings. The molecule has 0 unspecified atom stereocenters. The van der Waals surface area contributed by atoms with Gasteiger partial charge in [0.05, 0.1) is 12.3 Å². The maximum atomic E-state index is 12.7. The molecule has 1 aromatic carbocycles. The van der Waals surface area contributed by atoms with Crippen LogP contribution in [0, 0.1) is 0 Å². The van der Waals surface area contributed by atoms with Crippen molar-refractivity contribution >= 4 is 32.9 Å². The van der Waals surface area contributed by atoms with Crippen LogP contribution >= 0.6 is 11.3 Å². The molecule has 0 fully saturated rings. The second kappa shape index (κ2) is 9.16. The first-order chi connectivity index (χ1) is 12.2. The molecule has 142 valence electrons. The zero-order valence-corrected chi connectivity index (χ0v) is 16.9. The highest BCUT2D eigenvalue weighted by molar-refractivity contribution is 7.89. The summed E-state index contributed by atoms with van der Waals surface area (Å²) in [6.45, 7) is 1.90. The Morgan fingerprint density at radius 2 is 1.92 bits per heavy atom. The monoisotopic (exact) mass is 395 g/mol. The molecule has 6 nitrogen and oxygen atoms in total. The van der Waals surface area contributed by atoms with Gasteiger partial charge in [-0.1, -0.05) is 18.2 Å². The van der Waals surface area contributed by atoms with E-state index in [9.17, 15) is 13.2 Å². The highest BCUT2D eigenvalue weighted by Crippen LogP contribution is 2.16. The van der Waals surface area contributed by atoms with Gasteiger partial charge in [0.2, 0.25) is 0 Å². The molecule has 0 aliphatic carbocycles. The number of amides is 2. The molecule has 1 aromatic heterocycles. The van der Waals surface area contributed by atoms with Crippen LogP contribution in [0.3, 0.4) is 0 Å². The standard InChI is InChI=1S/C18H25N3O3S2/c1-20(2)9-10-21(13-17-8-5-11-25-17)18(22)19-16-7-4-6-15(12-16)14-26(3,23)24/h4-8,11-12H,9-10,13-14H2,1-3H3,(H,19,22). The lowest BCUT2D eigenvalue weighted by Gasteiger charge is -2.24. The number of nitrogens with zero attached hydrogens (tertiary/aromatic N) is 2. The van der Waals surface area contributed by atoms with Gasteiger partial charge >= 0.3 is 6.03 Å². The molecule has 0 saturated heterocycles. The minimum absolute atomic E-state index is 0.0454. The van der Waals surface area contributed by atoms with Crippen molar-refractivity contribution in [2.45, 2.75) is 12.3 Å². The number of benzene rings is 1. The van der Waals surface area contributed by atoms with Crippen molar-refractivity contribution < 1.29 is 13.2 Å². The molecule has 0 bridgehead atoms. The minimum Gasteiger partial charge on any atom is -0.318 e. The summed E-state index contributed by atoms with van der Waals surface area (Å²) in [5.41, 5.74) is 1.25. The van der Waals surface area contributed by atoms with Gasteiger partial charge in [0, 0.05) is 29.9 Å². The van der Waals surface area contributed by atoms with Gasteiger partial charge in [-0.3, -0.25) is 0 Å². The van der Waals surface area contributed by atoms with Gasteiger partial charge in [-0.05, 0) is 43.2 Å². The highest BCUT2D eigenvalue weighted by Gasteiger charge is 2.15. The molecule has 0 spiro atoms. The summed E-state index contributed by atoms with van der Waals surface area (Å²) in [4.78, 5) is 17.6. The van der Waals surface area contributed by atoms with Crippen LogP contribution in [0.25, 0.3) is 0 Å². The van der Waals surface area contributed by atoms with Gasteiger partial charge < -0.3 is 15.1 Å². The van der Waals surface area contributed by atoms with E-state index in [0.717, 1.165) is 11.4 Å². The third kappa shape index (κ3) is 7.15. The third-order valence-electron chi connectivity index (χ3n) is 3.64. The lowest BCUT2D eigenvalue weighted by Crippen LogP contribution is -2.38. The quantitative estimate of drug-likeness (QED) is 0.746. The normalized spacial score (nSPS) is 11.5. The summed E-state index contributed by atoms with van der Waals surface area (Å²) in [6, 6.07) is 10.7. The fourth-order valence-corrected chi connectivity index (χ4v) is 3.91. The Labute approximate surface area is 159 Å². The smallest absolute Gasteiger partial charge is 0.318 e. The molecule has 0 aliphatic rings. The Morgan fingerprint density at radius 3 is 2.54 bits per heavy atom. The van der Waals surface area contributed by atoms with Crippen LogP contribution < -0.4 is 5.32 Å². The lowest BCUT2D eigenvalue weighted by molar-refractivity contribution is 0.203. The Balaban J connectivity index is 2.08. The van der Waals surface area contributed by atoms with Crippen molar-refractivity contribution in [1.82, 2.24) is 9.80 Å². The molecule has 0 radical (unpaired) electrons. The summed E-state index contributed by atoms with van der Waals surface area (Å²) in [7, 11) is 0.818. The van der Waals surface area contributed by atoms with Gasteiger partial charge in [-0.2, -0.15) is 0 Å². The number of sulfone groups is 1. The molecule has 1 heterocycles. The van der Waals surface area contributed by atoms with Crippen LogP contribution in [0.1, 0.15) is 10.4 Å². The molecule has 8 heteroatoms. The largest absolute Gasteiger partial charge is 0.322 e. The number of hydrogen-bond acceptors (Lipinski definition) is 5. The summed E-state index contributed by atoms with van der Waals surface area (Å²) in [5, 5.41) is 4.87. The van der Waals surface area contributed by atoms with Gasteiger partial charge in [0.15, 0.2) is 9.84 Å². The summed E-state index contributed by atoms with van der Waals surface area (Å²) in [5.74, 6) is -0.0454. The van der Waals surface area contributed by atoms with E-state index >= 15 is 0 Å². The van der Waals surface area contributed by atoms with E-state index in [1.54, 1.807) is 40.5 Å². The molecule has 0 atom stereocenters. The number of urea groups is 1. The number of likely N-dealkylation sites (N-methyl/N-ethyl adjacent to an activating group) is 1. The van der Waals surface area contributed by atoms with Crippen molar-refractivity contribution in [1.29, 1.82) is 0 Å². The average Bonchev–Trinajstić information content (AvgIpc) is 3.02. The SMILES string of the molecule is CN(C)CCN(Cc1cccs1)C(=O)Nc1cccc(CS(C)(=O)=O)c1. The second-order valence-corrected chi connectivity index (χ2v) is 9.68. The predicted molar refractivity (Wildman–Crippen MR) is 107 cm³/mol. The molecule has 0 aliphatic heterocycles. The van der Waals surface area contributed by atoms with Crippen LogP contribution in [-0.2, 0) is 22.1 Å². The highest BCUT2D eigenvalue weighted by atomic mass is 32.2. The zero-order chi connectivity index (χ0) is 19.2. The number of thiophene rings is 1. The number of anilines is 1. The summed E-state index contributed by atoms with van der Waals surface area (Å²) >= 11 is 1.62. The fraction of sp³-hybridized carbons (Fsp3) is 0.389. The third-order valence-corrected chi connectivity index (χ3v) is 5.36. The first kappa shape index (κ1) is 20.4. The number of rotatable bonds is 8. The van der Waals surface area contributed by atoms with Gasteiger partial charge in [-0.15, -0.1) is 11.3 Å². The van der Waals surface area contributed by atoms with E-state index in [2.05, 4.69) is 5.32 Å². The van der Waals surface area contributed by atoms with E-state index in [4.69, 9.17) is 0 Å². The molecular formula is C18H25N3O3S2. The second-order valence-electron chi connectivity index (χ2n) is 6.50. The van der Waals surface area contributed by atoms with Gasteiger partial charge in [0.1, 0.15) is 0 Å². The number of hydrogen-bond donors (Lipinski definition) is 1. The molecular weight excluding hydrogens is 370 g/mol. The first-order valence-electron chi connectivity index (χ1n) is 8.22. The lowest BCUT2D eigenvalue weighted by atomic mass is 10.2. The van der Waals surface area contributed by atoms with Crippen LogP contribution in [0.15, 0.2) is 41.8 Å². The van der Waals surface area contributed by atoms with Crippen LogP contribution in [0.4, 0.5) is 10.5 Å². The summed E-state index contributed by atoms with van der Waals surface area (Å²) in [6.07, 6.45) is 1.20. The Bertz CT molecular complexity index is 818. The average molecular weight is 396 g/mol. The molecule has 26 heavy (non-hydrogen) atoms. The number of carbonyl (C=O) groups excluding carboxylic acids is 1. The maximum absolute atomic E-state index is 12.7. The Kier molecular flexibility index (Phi) is 7.19. The Hall–Kier alpha value is -1.90. The van der Waals surface area contributed by atoms with E-state index in [1.165, 1.54) is 6.26 Å². The summed E-state index contributed by atoms with van der Waals surface area (Å²) < 4.78 is 22.9. The number of nitrogens with one attached hydrogen (secondary N) is 1. The van der Waals surface area contributed by atoms with Crippen LogP contribution in [-0.4, -0.2) is 57.7 Å². The van der Waals surface area contributed by atoms with E-state index in [-0.39, 0.29) is 11.8 Å². The first-order valence-corrected chi connectivity index (χ1v) is 11.2. The topological polar surface area (TPSA) is 69.7 Å². The molecule has 2 rings (SSSR count). The zero-order valence-electron chi connectivity index (χ0n) is 15.3. The van der Waals surface area contributed by atoms with Gasteiger partial charge in [-0.25, -0.2) is 13.2 Å². The fourth-order valence-electron chi connectivity index (χ4n) is 2.41. The van der Waals surface area contributed by atoms with Gasteiger partial charge in [0.25, 0.3) is 0 Å². The van der Waals surface area contributed by atoms with Crippen LogP contribution in [0.5, 0.6) is 0 Å². The Morgan fingerprint density at radius 1 is 1.15 bits per heavy atom. The van der Waals surface area contributed by atoms with Crippen molar-refractivity contribution in [3.8, 4) is 0 Å². The minimum atomic E-state index is -3.12. The van der Waals surface area contributed by atoms with E-state index in [1.807, 2.05) is 36.5 Å². The molecule has 1 N–H and O–H groups in total. The van der Waals surface area contributed by atoms with E-state index < -0.39 is 9.84 Å². The van der Waals surface area contributed by atoms with Crippen molar-refractivity contribution in [3.05, 3.63) is 52.2 Å². The molecule has 2 amide bonds. The van der Waals surface area contributed by atoms with Crippen molar-refractivity contribution in [2.24, 2.45) is 0 Å². The van der Waals surface area contributed by atoms with E-state index in [0.29, 0.717) is 24.3 Å². The number of carbonyl (C=O) groups is 1. The maximum Gasteiger partial charge on any atom is 0.322 e. The molecule has 0 saturated carbocycles. The predicted octanol–water partition coefficient (Wildman–Crippen LogP) is 2.89. The van der Waals surface area contributed by atoms with Crippen molar-refractivity contribution in [3.63, 3.8) is 0 Å².